The summed E-state index contributed by atoms with van der Waals surface area (Å²) in [5, 5.41) is 0. The lowest BCUT2D eigenvalue weighted by molar-refractivity contribution is -0.647. The second-order valence-electron chi connectivity index (χ2n) is 9.13. The summed E-state index contributed by atoms with van der Waals surface area (Å²) in [6, 6.07) is 0. The van der Waals surface area contributed by atoms with Crippen molar-refractivity contribution in [3.63, 3.8) is 0 Å². The molecule has 1 N–H and O–H groups in total. The molecule has 0 bridgehead atoms. The van der Waals surface area contributed by atoms with Crippen molar-refractivity contribution >= 4 is 17.0 Å². The number of nitrogens with zero attached hydrogens (tertiary/aromatic N) is 4. The average molecular weight is 453 g/mol. The zero-order valence-electron chi connectivity index (χ0n) is 21.6. The molecule has 0 saturated heterocycles. The Morgan fingerprint density at radius 1 is 0.909 bits per heavy atom. The number of aryl methyl sites for hydroxylation is 1. The molecule has 180 valence electrons. The van der Waals surface area contributed by atoms with E-state index in [1.165, 1.54) is 28.7 Å². The summed E-state index contributed by atoms with van der Waals surface area (Å²) in [5.74, 6) is 0.675. The molecule has 6 nitrogen and oxygen atoms in total. The first-order valence-corrected chi connectivity index (χ1v) is 11.9. The molecular formula is C27H42N5O+. The normalized spacial score (nSPS) is 13.0. The fraction of sp³-hybridized carbons (Fsp3) is 0.519. The topological polar surface area (TPSA) is 55.9 Å². The van der Waals surface area contributed by atoms with Gasteiger partial charge in [-0.15, -0.1) is 0 Å². The van der Waals surface area contributed by atoms with Gasteiger partial charge in [0.2, 0.25) is 5.52 Å². The maximum Gasteiger partial charge on any atom is 0.307 e. The molecule has 0 fully saturated rings. The lowest BCUT2D eigenvalue weighted by Crippen LogP contribution is -2.26. The van der Waals surface area contributed by atoms with Gasteiger partial charge in [-0.25, -0.2) is 10.0 Å². The van der Waals surface area contributed by atoms with Crippen LogP contribution in [0.1, 0.15) is 73.1 Å². The van der Waals surface area contributed by atoms with Crippen LogP contribution in [0.15, 0.2) is 59.3 Å². The molecule has 0 spiro atoms. The van der Waals surface area contributed by atoms with Gasteiger partial charge in [-0.05, 0) is 73.1 Å². The lowest BCUT2D eigenvalue weighted by Gasteiger charge is -2.04. The third-order valence-corrected chi connectivity index (χ3v) is 5.73. The van der Waals surface area contributed by atoms with Crippen LogP contribution in [0, 0.1) is 0 Å². The number of hydrogen-bond acceptors (Lipinski definition) is 4. The molecule has 2 aromatic heterocycles. The number of rotatable bonds is 13. The quantitative estimate of drug-likeness (QED) is 0.218. The molecule has 0 aliphatic rings. The van der Waals surface area contributed by atoms with Crippen molar-refractivity contribution in [2.45, 2.75) is 79.7 Å². The average Bonchev–Trinajstić information content (AvgIpc) is 3.09. The zero-order valence-corrected chi connectivity index (χ0v) is 21.6. The smallest absolute Gasteiger partial charge is 0.278 e. The van der Waals surface area contributed by atoms with Crippen LogP contribution >= 0.6 is 0 Å². The monoisotopic (exact) mass is 452 g/mol. The minimum Gasteiger partial charge on any atom is -0.278 e. The van der Waals surface area contributed by atoms with Crippen molar-refractivity contribution in [1.29, 1.82) is 0 Å². The van der Waals surface area contributed by atoms with Gasteiger partial charge in [0.05, 0.1) is 20.7 Å². The van der Waals surface area contributed by atoms with Gasteiger partial charge in [0.1, 0.15) is 0 Å². The summed E-state index contributed by atoms with van der Waals surface area (Å²) in [6.07, 6.45) is 19.7. The van der Waals surface area contributed by atoms with Gasteiger partial charge < -0.3 is 0 Å². The van der Waals surface area contributed by atoms with E-state index in [0.29, 0.717) is 5.82 Å². The maximum atomic E-state index is 5.08. The number of nitrogens with one attached hydrogen (secondary N) is 1. The van der Waals surface area contributed by atoms with E-state index in [9.17, 15) is 0 Å². The number of imidazole rings is 1. The van der Waals surface area contributed by atoms with E-state index in [-0.39, 0.29) is 0 Å². The molecule has 2 aromatic rings. The van der Waals surface area contributed by atoms with Gasteiger partial charge in [-0.3, -0.25) is 9.40 Å². The number of allylic oxidation sites excluding steroid dienone is 8. The maximum absolute atomic E-state index is 5.08. The molecule has 0 aromatic carbocycles. The van der Waals surface area contributed by atoms with Gasteiger partial charge in [-0.2, -0.15) is 4.98 Å². The molecule has 2 rings (SSSR count). The molecule has 0 aliphatic heterocycles. The van der Waals surface area contributed by atoms with Gasteiger partial charge in [0, 0.05) is 0 Å². The first-order chi connectivity index (χ1) is 15.8. The minimum absolute atomic E-state index is 0.675. The molecule has 0 aliphatic carbocycles. The highest BCUT2D eigenvalue weighted by Crippen LogP contribution is 2.18. The van der Waals surface area contributed by atoms with Crippen molar-refractivity contribution in [1.82, 2.24) is 14.5 Å². The van der Waals surface area contributed by atoms with Crippen LogP contribution in [0.4, 0.5) is 5.82 Å². The van der Waals surface area contributed by atoms with E-state index in [2.05, 4.69) is 78.9 Å². The molecule has 0 unspecified atom stereocenters. The Bertz CT molecular complexity index is 1020. The second-order valence-corrected chi connectivity index (χ2v) is 9.13. The highest BCUT2D eigenvalue weighted by Gasteiger charge is 2.18. The SMILES string of the molecule is CONc1ncnc2c1n(C/C=C(\C)CC/C=C(\C)CC/C=C(\C)CCC=C(C)C)c[n+]2C. The van der Waals surface area contributed by atoms with Gasteiger partial charge >= 0.3 is 5.65 Å². The molecule has 33 heavy (non-hydrogen) atoms. The van der Waals surface area contributed by atoms with E-state index in [0.717, 1.165) is 49.8 Å². The molecule has 0 amide bonds. The molecular weight excluding hydrogens is 410 g/mol. The standard InChI is InChI=1S/C27H42N5O/c1-21(2)11-8-12-22(3)13-9-14-23(4)15-10-16-24(5)17-18-32-20-31(6)27-25(32)26(30-33-7)28-19-29-27/h11,13,15,17,19-20H,8-10,12,14,16,18H2,1-7H3,(H,28,29,30)/q+1/b22-13+,23-15+,24-17+. The van der Waals surface area contributed by atoms with Gasteiger partial charge in [0.25, 0.3) is 0 Å². The van der Waals surface area contributed by atoms with E-state index in [1.54, 1.807) is 13.4 Å². The van der Waals surface area contributed by atoms with Crippen LogP contribution < -0.4 is 10.0 Å². The van der Waals surface area contributed by atoms with Crippen molar-refractivity contribution in [2.75, 3.05) is 12.6 Å². The Kier molecular flexibility index (Phi) is 11.0. The van der Waals surface area contributed by atoms with E-state index in [4.69, 9.17) is 4.84 Å². The van der Waals surface area contributed by atoms with Crippen LogP contribution in [-0.2, 0) is 18.4 Å². The molecule has 6 heteroatoms. The zero-order chi connectivity index (χ0) is 24.2. The summed E-state index contributed by atoms with van der Waals surface area (Å²) < 4.78 is 4.15. The summed E-state index contributed by atoms with van der Waals surface area (Å²) >= 11 is 0. The first kappa shape index (κ1) is 26.5. The van der Waals surface area contributed by atoms with E-state index >= 15 is 0 Å². The van der Waals surface area contributed by atoms with Crippen molar-refractivity contribution in [3.8, 4) is 0 Å². The third-order valence-electron chi connectivity index (χ3n) is 5.73. The predicted octanol–water partition coefficient (Wildman–Crippen LogP) is 6.37. The van der Waals surface area contributed by atoms with Gasteiger partial charge in [-0.1, -0.05) is 51.6 Å². The van der Waals surface area contributed by atoms with Crippen molar-refractivity contribution in [3.05, 3.63) is 59.3 Å². The highest BCUT2D eigenvalue weighted by molar-refractivity contribution is 5.80. The number of aromatic nitrogens is 4. The van der Waals surface area contributed by atoms with Crippen LogP contribution in [0.5, 0.6) is 0 Å². The van der Waals surface area contributed by atoms with E-state index in [1.807, 2.05) is 17.9 Å². The summed E-state index contributed by atoms with van der Waals surface area (Å²) in [5.41, 5.74) is 10.4. The lowest BCUT2D eigenvalue weighted by atomic mass is 10.0. The van der Waals surface area contributed by atoms with Crippen molar-refractivity contribution < 1.29 is 9.40 Å². The predicted molar refractivity (Wildman–Crippen MR) is 138 cm³/mol. The number of fused-ring (bicyclic) bond motifs is 1. The number of hydrogen-bond donors (Lipinski definition) is 1. The minimum atomic E-state index is 0.675. The van der Waals surface area contributed by atoms with Crippen LogP contribution in [0.3, 0.4) is 0 Å². The first-order valence-electron chi connectivity index (χ1n) is 11.9. The van der Waals surface area contributed by atoms with Crippen LogP contribution in [-0.4, -0.2) is 21.6 Å². The molecule has 0 radical (unpaired) electrons. The second kappa shape index (κ2) is 13.7. The Hall–Kier alpha value is -2.73. The summed E-state index contributed by atoms with van der Waals surface area (Å²) in [6.45, 7) is 11.8. The fourth-order valence-corrected chi connectivity index (χ4v) is 3.76. The van der Waals surface area contributed by atoms with Crippen LogP contribution in [0.25, 0.3) is 11.2 Å². The molecule has 2 heterocycles. The van der Waals surface area contributed by atoms with E-state index < -0.39 is 0 Å². The molecule has 0 saturated carbocycles. The Labute approximate surface area is 199 Å². The fourth-order valence-electron chi connectivity index (χ4n) is 3.76. The Morgan fingerprint density at radius 3 is 2.06 bits per heavy atom. The highest BCUT2D eigenvalue weighted by atomic mass is 16.6. The Balaban J connectivity index is 1.85. The van der Waals surface area contributed by atoms with Crippen LogP contribution in [0.2, 0.25) is 0 Å². The molecule has 0 atom stereocenters. The third kappa shape index (κ3) is 8.97. The summed E-state index contributed by atoms with van der Waals surface area (Å²) in [7, 11) is 3.58. The number of anilines is 1. The summed E-state index contributed by atoms with van der Waals surface area (Å²) in [4.78, 5) is 13.8. The van der Waals surface area contributed by atoms with Gasteiger partial charge in [0.15, 0.2) is 18.5 Å². The largest absolute Gasteiger partial charge is 0.307 e. The van der Waals surface area contributed by atoms with Crippen molar-refractivity contribution in [2.24, 2.45) is 7.05 Å². The Morgan fingerprint density at radius 2 is 1.48 bits per heavy atom.